The summed E-state index contributed by atoms with van der Waals surface area (Å²) in [4.78, 5) is 5.72. The number of nitrogens with one attached hydrogen (secondary N) is 1. The highest BCUT2D eigenvalue weighted by atomic mass is 35.5. The molecule has 0 fully saturated rings. The summed E-state index contributed by atoms with van der Waals surface area (Å²) in [7, 11) is -4.62. The SMILES string of the molecule is O=S(=O)(Nc1cc(Cl)ncn1)c1c(F)cc(F)cc1F. The molecule has 5 nitrogen and oxygen atoms in total. The van der Waals surface area contributed by atoms with E-state index in [9.17, 15) is 21.6 Å². The molecule has 0 amide bonds. The van der Waals surface area contributed by atoms with Crippen LogP contribution in [0.25, 0.3) is 0 Å². The topological polar surface area (TPSA) is 72.0 Å². The molecule has 1 heterocycles. The number of sulfonamides is 1. The number of nitrogens with zero attached hydrogens (tertiary/aromatic N) is 2. The number of anilines is 1. The zero-order valence-corrected chi connectivity index (χ0v) is 11.0. The predicted molar refractivity (Wildman–Crippen MR) is 64.2 cm³/mol. The van der Waals surface area contributed by atoms with Crippen molar-refractivity contribution in [1.29, 1.82) is 0 Å². The molecule has 2 aromatic rings. The average molecular weight is 324 g/mol. The van der Waals surface area contributed by atoms with Gasteiger partial charge in [0.25, 0.3) is 10.0 Å². The minimum atomic E-state index is -4.62. The third-order valence-electron chi connectivity index (χ3n) is 2.10. The van der Waals surface area contributed by atoms with Gasteiger partial charge in [0.2, 0.25) is 0 Å². The van der Waals surface area contributed by atoms with Crippen molar-refractivity contribution in [2.75, 3.05) is 4.72 Å². The van der Waals surface area contributed by atoms with Crippen LogP contribution in [0, 0.1) is 17.5 Å². The van der Waals surface area contributed by atoms with E-state index in [0.29, 0.717) is 0 Å². The fraction of sp³-hybridized carbons (Fsp3) is 0. The van der Waals surface area contributed by atoms with Gasteiger partial charge in [0, 0.05) is 18.2 Å². The van der Waals surface area contributed by atoms with E-state index in [2.05, 4.69) is 9.97 Å². The lowest BCUT2D eigenvalue weighted by atomic mass is 10.3. The van der Waals surface area contributed by atoms with Crippen LogP contribution in [0.3, 0.4) is 0 Å². The van der Waals surface area contributed by atoms with E-state index in [0.717, 1.165) is 12.4 Å². The molecule has 1 aromatic heterocycles. The number of benzene rings is 1. The van der Waals surface area contributed by atoms with Crippen LogP contribution in [-0.2, 0) is 10.0 Å². The van der Waals surface area contributed by atoms with Crippen molar-refractivity contribution in [1.82, 2.24) is 9.97 Å². The number of rotatable bonds is 3. The Morgan fingerprint density at radius 2 is 1.65 bits per heavy atom. The first-order chi connectivity index (χ1) is 9.29. The van der Waals surface area contributed by atoms with Crippen LogP contribution in [0.4, 0.5) is 19.0 Å². The first-order valence-electron chi connectivity index (χ1n) is 4.94. The maximum atomic E-state index is 13.4. The molecule has 1 N–H and O–H groups in total. The molecule has 10 heteroatoms. The van der Waals surface area contributed by atoms with Crippen molar-refractivity contribution in [3.63, 3.8) is 0 Å². The van der Waals surface area contributed by atoms with E-state index in [1.807, 2.05) is 4.72 Å². The molecule has 2 rings (SSSR count). The Hall–Kier alpha value is -1.87. The number of aromatic nitrogens is 2. The van der Waals surface area contributed by atoms with Gasteiger partial charge in [-0.1, -0.05) is 11.6 Å². The van der Waals surface area contributed by atoms with Crippen LogP contribution in [0.5, 0.6) is 0 Å². The van der Waals surface area contributed by atoms with Crippen molar-refractivity contribution in [3.05, 3.63) is 47.1 Å². The smallest absolute Gasteiger partial charge is 0.263 e. The number of halogens is 4. The molecule has 0 bridgehead atoms. The molecular formula is C10H5ClF3N3O2S. The Labute approximate surface area is 116 Å². The van der Waals surface area contributed by atoms with Crippen molar-refractivity contribution in [3.8, 4) is 0 Å². The van der Waals surface area contributed by atoms with E-state index in [4.69, 9.17) is 11.6 Å². The summed E-state index contributed by atoms with van der Waals surface area (Å²) in [6, 6.07) is 1.55. The molecule has 0 spiro atoms. The number of hydrogen-bond acceptors (Lipinski definition) is 4. The Morgan fingerprint density at radius 3 is 2.20 bits per heavy atom. The minimum absolute atomic E-state index is 0.0715. The van der Waals surface area contributed by atoms with E-state index in [-0.39, 0.29) is 23.1 Å². The molecule has 0 aliphatic heterocycles. The second-order valence-electron chi connectivity index (χ2n) is 3.53. The van der Waals surface area contributed by atoms with Gasteiger partial charge in [-0.3, -0.25) is 4.72 Å². The van der Waals surface area contributed by atoms with Gasteiger partial charge in [-0.05, 0) is 0 Å². The van der Waals surface area contributed by atoms with Gasteiger partial charge < -0.3 is 0 Å². The molecule has 0 saturated carbocycles. The minimum Gasteiger partial charge on any atom is -0.263 e. The summed E-state index contributed by atoms with van der Waals surface area (Å²) in [5.74, 6) is -4.64. The van der Waals surface area contributed by atoms with E-state index >= 15 is 0 Å². The lowest BCUT2D eigenvalue weighted by Gasteiger charge is -2.09. The highest BCUT2D eigenvalue weighted by molar-refractivity contribution is 7.92. The van der Waals surface area contributed by atoms with Gasteiger partial charge >= 0.3 is 0 Å². The average Bonchev–Trinajstić information content (AvgIpc) is 2.25. The first kappa shape index (κ1) is 14.5. The number of hydrogen-bond donors (Lipinski definition) is 1. The summed E-state index contributed by atoms with van der Waals surface area (Å²) in [5.41, 5.74) is 0. The van der Waals surface area contributed by atoms with Crippen LogP contribution in [0.2, 0.25) is 5.15 Å². The van der Waals surface area contributed by atoms with Crippen LogP contribution < -0.4 is 4.72 Å². The Kier molecular flexibility index (Phi) is 3.82. The van der Waals surface area contributed by atoms with Gasteiger partial charge in [0.15, 0.2) is 4.90 Å². The fourth-order valence-corrected chi connectivity index (χ4v) is 2.63. The third kappa shape index (κ3) is 2.99. The van der Waals surface area contributed by atoms with Crippen molar-refractivity contribution < 1.29 is 21.6 Å². The lowest BCUT2D eigenvalue weighted by Crippen LogP contribution is -2.17. The largest absolute Gasteiger partial charge is 0.268 e. The van der Waals surface area contributed by atoms with Crippen LogP contribution >= 0.6 is 11.6 Å². The van der Waals surface area contributed by atoms with E-state index in [1.54, 1.807) is 0 Å². The highest BCUT2D eigenvalue weighted by Crippen LogP contribution is 2.22. The summed E-state index contributed by atoms with van der Waals surface area (Å²) in [6.07, 6.45) is 0.956. The molecule has 0 aliphatic carbocycles. The first-order valence-corrected chi connectivity index (χ1v) is 6.80. The van der Waals surface area contributed by atoms with Crippen molar-refractivity contribution in [2.45, 2.75) is 4.90 Å². The molecule has 106 valence electrons. The van der Waals surface area contributed by atoms with Gasteiger partial charge in [-0.2, -0.15) is 0 Å². The normalized spacial score (nSPS) is 11.4. The standard InChI is InChI=1S/C10H5ClF3N3O2S/c11-8-3-9(16-4-15-8)17-20(18,19)10-6(13)1-5(12)2-7(10)14/h1-4H,(H,15,16,17). The van der Waals surface area contributed by atoms with E-state index < -0.39 is 32.4 Å². The van der Waals surface area contributed by atoms with Gasteiger partial charge in [-0.25, -0.2) is 31.6 Å². The zero-order valence-electron chi connectivity index (χ0n) is 9.44. The summed E-state index contributed by atoms with van der Waals surface area (Å²) in [5, 5.41) is -0.0715. The van der Waals surface area contributed by atoms with Gasteiger partial charge in [0.05, 0.1) is 0 Å². The summed E-state index contributed by atoms with van der Waals surface area (Å²) >= 11 is 5.52. The molecule has 0 saturated heterocycles. The maximum Gasteiger partial charge on any atom is 0.268 e. The van der Waals surface area contributed by atoms with Crippen molar-refractivity contribution >= 4 is 27.4 Å². The quantitative estimate of drug-likeness (QED) is 0.880. The molecule has 0 aliphatic rings. The van der Waals surface area contributed by atoms with E-state index in [1.165, 1.54) is 0 Å². The second kappa shape index (κ2) is 5.25. The fourth-order valence-electron chi connectivity index (χ4n) is 1.36. The van der Waals surface area contributed by atoms with Crippen LogP contribution in [0.15, 0.2) is 29.4 Å². The van der Waals surface area contributed by atoms with Crippen LogP contribution in [-0.4, -0.2) is 18.4 Å². The molecule has 0 radical (unpaired) electrons. The van der Waals surface area contributed by atoms with Crippen LogP contribution in [0.1, 0.15) is 0 Å². The second-order valence-corrected chi connectivity index (χ2v) is 5.54. The Morgan fingerprint density at radius 1 is 1.05 bits per heavy atom. The molecular weight excluding hydrogens is 319 g/mol. The monoisotopic (exact) mass is 323 g/mol. The Bertz CT molecular complexity index is 747. The lowest BCUT2D eigenvalue weighted by molar-refractivity contribution is 0.498. The molecule has 0 unspecified atom stereocenters. The van der Waals surface area contributed by atoms with Crippen molar-refractivity contribution in [2.24, 2.45) is 0 Å². The molecule has 1 aromatic carbocycles. The highest BCUT2D eigenvalue weighted by Gasteiger charge is 2.25. The zero-order chi connectivity index (χ0) is 14.9. The van der Waals surface area contributed by atoms with Gasteiger partial charge in [0.1, 0.15) is 34.7 Å². The summed E-state index contributed by atoms with van der Waals surface area (Å²) < 4.78 is 65.1. The maximum absolute atomic E-state index is 13.4. The predicted octanol–water partition coefficient (Wildman–Crippen LogP) is 2.35. The molecule has 20 heavy (non-hydrogen) atoms. The Balaban J connectivity index is 2.46. The molecule has 0 atom stereocenters. The third-order valence-corrected chi connectivity index (χ3v) is 3.72. The van der Waals surface area contributed by atoms with Gasteiger partial charge in [-0.15, -0.1) is 0 Å². The summed E-state index contributed by atoms with van der Waals surface area (Å²) in [6.45, 7) is 0.